The first-order chi connectivity index (χ1) is 13.9. The van der Waals surface area contributed by atoms with Gasteiger partial charge in [0.2, 0.25) is 18.5 Å². The Kier molecular flexibility index (Phi) is 5.60. The van der Waals surface area contributed by atoms with E-state index in [1.807, 2.05) is 32.0 Å². The molecule has 1 aromatic carbocycles. The first kappa shape index (κ1) is 19.9. The molecule has 6 atom stereocenters. The predicted molar refractivity (Wildman–Crippen MR) is 101 cm³/mol. The Morgan fingerprint density at radius 1 is 1.24 bits per heavy atom. The van der Waals surface area contributed by atoms with Crippen LogP contribution in [0.5, 0.6) is 5.75 Å². The van der Waals surface area contributed by atoms with Gasteiger partial charge in [-0.25, -0.2) is 0 Å². The molecule has 1 amide bonds. The molecule has 0 aliphatic carbocycles. The molecule has 0 saturated carbocycles. The minimum atomic E-state index is -1.06. The summed E-state index contributed by atoms with van der Waals surface area (Å²) in [4.78, 5) is 11.8. The van der Waals surface area contributed by atoms with Crippen molar-refractivity contribution in [1.29, 1.82) is 0 Å². The number of furan rings is 1. The molecule has 0 bridgehead atoms. The lowest BCUT2D eigenvalue weighted by Crippen LogP contribution is -2.67. The minimum Gasteiger partial charge on any atom is -0.464 e. The van der Waals surface area contributed by atoms with Gasteiger partial charge in [0.25, 0.3) is 0 Å². The third kappa shape index (κ3) is 4.16. The Balaban J connectivity index is 1.56. The molecule has 2 aliphatic heterocycles. The molecule has 29 heavy (non-hydrogen) atoms. The van der Waals surface area contributed by atoms with Crippen molar-refractivity contribution in [2.45, 2.75) is 57.7 Å². The molecule has 8 heteroatoms. The van der Waals surface area contributed by atoms with Gasteiger partial charge in [-0.3, -0.25) is 4.79 Å². The fourth-order valence-corrected chi connectivity index (χ4v) is 3.61. The number of aryl methyl sites for hydroxylation is 2. The van der Waals surface area contributed by atoms with E-state index in [2.05, 4.69) is 5.32 Å². The molecule has 6 unspecified atom stereocenters. The number of aliphatic hydroxyl groups excluding tert-OH is 1. The highest BCUT2D eigenvalue weighted by molar-refractivity contribution is 5.73. The van der Waals surface area contributed by atoms with Crippen LogP contribution in [-0.2, 0) is 19.0 Å². The van der Waals surface area contributed by atoms with Crippen LogP contribution in [0.3, 0.4) is 0 Å². The van der Waals surface area contributed by atoms with Gasteiger partial charge in [-0.15, -0.1) is 0 Å². The van der Waals surface area contributed by atoms with Gasteiger partial charge in [0.15, 0.2) is 5.76 Å². The average Bonchev–Trinajstić information content (AvgIpc) is 3.22. The molecule has 0 radical (unpaired) electrons. The molecular formula is C21H25NO7. The summed E-state index contributed by atoms with van der Waals surface area (Å²) in [6, 6.07) is 8.47. The Hall–Kier alpha value is -2.39. The van der Waals surface area contributed by atoms with Gasteiger partial charge in [-0.2, -0.15) is 0 Å². The van der Waals surface area contributed by atoms with E-state index in [0.717, 1.165) is 11.1 Å². The number of aliphatic hydroxyl groups is 1. The van der Waals surface area contributed by atoms with Gasteiger partial charge in [0.1, 0.15) is 30.1 Å². The summed E-state index contributed by atoms with van der Waals surface area (Å²) < 4.78 is 29.1. The Bertz CT molecular complexity index is 853. The molecule has 2 fully saturated rings. The molecule has 2 aromatic rings. The van der Waals surface area contributed by atoms with Crippen molar-refractivity contribution >= 4 is 5.91 Å². The molecule has 1 aromatic heterocycles. The lowest BCUT2D eigenvalue weighted by atomic mass is 9.95. The zero-order valence-corrected chi connectivity index (χ0v) is 16.5. The zero-order chi connectivity index (χ0) is 20.5. The van der Waals surface area contributed by atoms with E-state index >= 15 is 0 Å². The topological polar surface area (TPSA) is 99.4 Å². The van der Waals surface area contributed by atoms with Crippen molar-refractivity contribution in [3.8, 4) is 5.75 Å². The van der Waals surface area contributed by atoms with E-state index < -0.39 is 36.9 Å². The normalized spacial score (nSPS) is 31.7. The maximum absolute atomic E-state index is 11.8. The Morgan fingerprint density at radius 3 is 2.79 bits per heavy atom. The summed E-state index contributed by atoms with van der Waals surface area (Å²) in [5, 5.41) is 13.8. The monoisotopic (exact) mass is 403 g/mol. The second-order valence-electron chi connectivity index (χ2n) is 7.43. The summed E-state index contributed by atoms with van der Waals surface area (Å²) in [5.74, 6) is 0.822. The number of carbonyl (C=O) groups excluding carboxylic acids is 1. The number of ether oxygens (including phenoxy) is 4. The first-order valence-corrected chi connectivity index (χ1v) is 9.57. The van der Waals surface area contributed by atoms with Gasteiger partial charge in [-0.1, -0.05) is 12.1 Å². The van der Waals surface area contributed by atoms with Crippen molar-refractivity contribution in [3.05, 3.63) is 53.5 Å². The van der Waals surface area contributed by atoms with E-state index in [9.17, 15) is 9.90 Å². The molecular weight excluding hydrogens is 378 g/mol. The highest BCUT2D eigenvalue weighted by atomic mass is 16.8. The Labute approximate surface area is 168 Å². The van der Waals surface area contributed by atoms with E-state index in [1.54, 1.807) is 12.1 Å². The molecule has 8 nitrogen and oxygen atoms in total. The minimum absolute atomic E-state index is 0.187. The van der Waals surface area contributed by atoms with Crippen LogP contribution in [0.1, 0.15) is 30.1 Å². The summed E-state index contributed by atoms with van der Waals surface area (Å²) in [5.41, 5.74) is 1.95. The number of amides is 1. The van der Waals surface area contributed by atoms with Crippen LogP contribution in [0.25, 0.3) is 0 Å². The third-order valence-corrected chi connectivity index (χ3v) is 5.10. The lowest BCUT2D eigenvalue weighted by molar-refractivity contribution is -0.336. The van der Waals surface area contributed by atoms with Gasteiger partial charge in [0.05, 0.1) is 12.9 Å². The fraction of sp³-hybridized carbons (Fsp3) is 0.476. The molecule has 156 valence electrons. The second-order valence-corrected chi connectivity index (χ2v) is 7.43. The van der Waals surface area contributed by atoms with Crippen molar-refractivity contribution in [2.24, 2.45) is 0 Å². The van der Waals surface area contributed by atoms with Crippen LogP contribution in [0.15, 0.2) is 41.0 Å². The van der Waals surface area contributed by atoms with Crippen LogP contribution in [-0.4, -0.2) is 48.3 Å². The van der Waals surface area contributed by atoms with Gasteiger partial charge < -0.3 is 33.8 Å². The SMILES string of the molecule is CC(=O)NC1C(Oc2cc(C)ccc2C)OC2COC(c3ccco3)OC2C1O. The molecule has 2 saturated heterocycles. The molecule has 2 N–H and O–H groups in total. The van der Waals surface area contributed by atoms with Crippen molar-refractivity contribution in [2.75, 3.05) is 6.61 Å². The van der Waals surface area contributed by atoms with E-state index in [-0.39, 0.29) is 12.5 Å². The van der Waals surface area contributed by atoms with Crippen LogP contribution in [0, 0.1) is 13.8 Å². The summed E-state index contributed by atoms with van der Waals surface area (Å²) in [7, 11) is 0. The molecule has 3 heterocycles. The maximum atomic E-state index is 11.8. The largest absolute Gasteiger partial charge is 0.464 e. The molecule has 4 rings (SSSR count). The second kappa shape index (κ2) is 8.16. The van der Waals surface area contributed by atoms with E-state index in [0.29, 0.717) is 11.5 Å². The highest BCUT2D eigenvalue weighted by Crippen LogP contribution is 2.35. The summed E-state index contributed by atoms with van der Waals surface area (Å²) >= 11 is 0. The number of rotatable bonds is 4. The summed E-state index contributed by atoms with van der Waals surface area (Å²) in [6.45, 7) is 5.45. The van der Waals surface area contributed by atoms with Crippen LogP contribution < -0.4 is 10.1 Å². The zero-order valence-electron chi connectivity index (χ0n) is 16.5. The quantitative estimate of drug-likeness (QED) is 0.805. The Morgan fingerprint density at radius 2 is 2.07 bits per heavy atom. The van der Waals surface area contributed by atoms with Gasteiger partial charge in [-0.05, 0) is 43.2 Å². The fourth-order valence-electron chi connectivity index (χ4n) is 3.61. The van der Waals surface area contributed by atoms with E-state index in [1.165, 1.54) is 13.2 Å². The van der Waals surface area contributed by atoms with Crippen molar-refractivity contribution in [1.82, 2.24) is 5.32 Å². The number of hydrogen-bond donors (Lipinski definition) is 2. The highest BCUT2D eigenvalue weighted by Gasteiger charge is 2.51. The molecule has 0 spiro atoms. The number of nitrogens with one attached hydrogen (secondary N) is 1. The maximum Gasteiger partial charge on any atom is 0.223 e. The van der Waals surface area contributed by atoms with Crippen molar-refractivity contribution < 1.29 is 33.3 Å². The predicted octanol–water partition coefficient (Wildman–Crippen LogP) is 1.98. The van der Waals surface area contributed by atoms with E-state index in [4.69, 9.17) is 23.4 Å². The first-order valence-electron chi connectivity index (χ1n) is 9.57. The molecule has 2 aliphatic rings. The summed E-state index contributed by atoms with van der Waals surface area (Å²) in [6.07, 6.45) is -2.46. The van der Waals surface area contributed by atoms with Crippen LogP contribution in [0.4, 0.5) is 0 Å². The van der Waals surface area contributed by atoms with Crippen LogP contribution in [0.2, 0.25) is 0 Å². The average molecular weight is 403 g/mol. The number of hydrogen-bond acceptors (Lipinski definition) is 7. The van der Waals surface area contributed by atoms with Crippen LogP contribution >= 0.6 is 0 Å². The number of fused-ring (bicyclic) bond motifs is 1. The number of benzene rings is 1. The smallest absolute Gasteiger partial charge is 0.223 e. The lowest BCUT2D eigenvalue weighted by Gasteiger charge is -2.47. The van der Waals surface area contributed by atoms with Gasteiger partial charge >= 0.3 is 0 Å². The van der Waals surface area contributed by atoms with Gasteiger partial charge in [0, 0.05) is 6.92 Å². The number of carbonyl (C=O) groups is 1. The van der Waals surface area contributed by atoms with Crippen molar-refractivity contribution in [3.63, 3.8) is 0 Å². The standard InChI is InChI=1S/C21H25NO7/c1-11-6-7-12(2)15(9-11)27-21-17(22-13(3)23)18(24)19-16(28-21)10-26-20(29-19)14-5-4-8-25-14/h4-9,16-21,24H,10H2,1-3H3,(H,22,23). The third-order valence-electron chi connectivity index (χ3n) is 5.10.